The van der Waals surface area contributed by atoms with Crippen LogP contribution in [0.15, 0.2) is 48.5 Å². The molecule has 14 heteroatoms. The number of amides is 2. The van der Waals surface area contributed by atoms with Crippen LogP contribution in [0, 0.1) is 0 Å². The Bertz CT molecular complexity index is 1560. The molecular weight excluding hydrogens is 620 g/mol. The van der Waals surface area contributed by atoms with Crippen molar-refractivity contribution in [2.45, 2.75) is 56.3 Å². The highest BCUT2D eigenvalue weighted by Gasteiger charge is 2.49. The van der Waals surface area contributed by atoms with Crippen LogP contribution in [-0.4, -0.2) is 122 Å². The number of likely N-dealkylation sites (N-methyl/N-ethyl adjacent to an activating group) is 1. The lowest BCUT2D eigenvalue weighted by molar-refractivity contribution is 0.0810. The molecule has 2 N–H and O–H groups in total. The highest BCUT2D eigenvalue weighted by Crippen LogP contribution is 2.38. The average molecular weight is 662 g/mol. The van der Waals surface area contributed by atoms with Gasteiger partial charge in [0.05, 0.1) is 50.6 Å². The van der Waals surface area contributed by atoms with E-state index in [1.165, 1.54) is 0 Å². The van der Waals surface area contributed by atoms with Crippen molar-refractivity contribution in [2.75, 3.05) is 84.5 Å². The minimum Gasteiger partial charge on any atom is -0.377 e. The molecular formula is C34H41F2N9O3. The van der Waals surface area contributed by atoms with E-state index in [9.17, 15) is 13.6 Å². The van der Waals surface area contributed by atoms with Crippen molar-refractivity contribution in [3.05, 3.63) is 48.5 Å². The Kier molecular flexibility index (Phi) is 8.47. The predicted molar refractivity (Wildman–Crippen MR) is 179 cm³/mol. The normalized spacial score (nSPS) is 28.5. The van der Waals surface area contributed by atoms with Crippen molar-refractivity contribution in [1.29, 1.82) is 0 Å². The van der Waals surface area contributed by atoms with Gasteiger partial charge in [0.15, 0.2) is 5.82 Å². The van der Waals surface area contributed by atoms with Crippen LogP contribution >= 0.6 is 0 Å². The second-order valence-corrected chi connectivity index (χ2v) is 13.2. The van der Waals surface area contributed by atoms with E-state index in [1.807, 2.05) is 46.2 Å². The topological polar surface area (TPSA) is 111 Å². The summed E-state index contributed by atoms with van der Waals surface area (Å²) in [5.74, 6) is 1.13. The lowest BCUT2D eigenvalue weighted by atomic mass is 10.2. The molecule has 4 bridgehead atoms. The maximum absolute atomic E-state index is 15.0. The summed E-state index contributed by atoms with van der Waals surface area (Å²) in [4.78, 5) is 35.9. The van der Waals surface area contributed by atoms with Crippen LogP contribution < -0.4 is 25.3 Å². The van der Waals surface area contributed by atoms with Crippen molar-refractivity contribution in [1.82, 2.24) is 19.9 Å². The summed E-state index contributed by atoms with van der Waals surface area (Å²) >= 11 is 0. The molecule has 5 aliphatic heterocycles. The SMILES string of the molecule is CCN1CCN(c2ccc(NC(=O)Nc3ccc(-c4nc(N5[C@@H]6COC[C@H]5[C@H](F)C6)nc(N5[C@@H]6COC[C@H]5[C@H](F)C6)n4)cc3)cc2)CC1. The summed E-state index contributed by atoms with van der Waals surface area (Å²) < 4.78 is 41.2. The van der Waals surface area contributed by atoms with Crippen molar-refractivity contribution in [3.63, 3.8) is 0 Å². The van der Waals surface area contributed by atoms with E-state index in [1.54, 1.807) is 12.1 Å². The number of nitrogens with one attached hydrogen (secondary N) is 2. The zero-order valence-electron chi connectivity index (χ0n) is 27.0. The van der Waals surface area contributed by atoms with Crippen LogP contribution in [0.3, 0.4) is 0 Å². The Morgan fingerprint density at radius 2 is 1.27 bits per heavy atom. The molecule has 6 heterocycles. The first-order valence-electron chi connectivity index (χ1n) is 17.0. The molecule has 0 saturated carbocycles. The number of urea groups is 1. The fourth-order valence-electron chi connectivity index (χ4n) is 7.68. The third-order valence-corrected chi connectivity index (χ3v) is 10.3. The smallest absolute Gasteiger partial charge is 0.323 e. The first-order valence-corrected chi connectivity index (χ1v) is 17.0. The van der Waals surface area contributed by atoms with Gasteiger partial charge in [-0.25, -0.2) is 13.6 Å². The molecule has 2 amide bonds. The molecule has 3 aromatic rings. The molecule has 1 aromatic heterocycles. The lowest BCUT2D eigenvalue weighted by Gasteiger charge is -2.37. The number of anilines is 5. The molecule has 5 aliphatic rings. The van der Waals surface area contributed by atoms with Crippen LogP contribution in [0.1, 0.15) is 19.8 Å². The maximum Gasteiger partial charge on any atom is 0.323 e. The van der Waals surface area contributed by atoms with Gasteiger partial charge >= 0.3 is 6.03 Å². The first kappa shape index (κ1) is 31.1. The van der Waals surface area contributed by atoms with Gasteiger partial charge in [0.2, 0.25) is 11.9 Å². The molecule has 0 unspecified atom stereocenters. The molecule has 12 nitrogen and oxygen atoms in total. The third-order valence-electron chi connectivity index (χ3n) is 10.3. The van der Waals surface area contributed by atoms with Gasteiger partial charge in [0.1, 0.15) is 12.3 Å². The Morgan fingerprint density at radius 1 is 0.750 bits per heavy atom. The molecule has 8 rings (SSSR count). The standard InChI is InChI=1S/C34H41F2N9O3/c1-2-42-11-13-43(14-12-42)24-9-7-23(8-10-24)38-34(46)37-22-5-3-21(4-6-22)31-39-32(44-25-15-27(35)29(44)19-47-17-25)41-33(40-31)45-26-16-28(36)30(45)20-48-18-26/h3-10,25-30H,2,11-20H2,1H3,(H2,37,38,46)/t25-,26-,27+,28+,29-,30-/m0/s1. The van der Waals surface area contributed by atoms with Gasteiger partial charge in [0, 0.05) is 61.6 Å². The van der Waals surface area contributed by atoms with Crippen molar-refractivity contribution < 1.29 is 23.0 Å². The van der Waals surface area contributed by atoms with E-state index < -0.39 is 24.4 Å². The van der Waals surface area contributed by atoms with Gasteiger partial charge < -0.3 is 39.7 Å². The lowest BCUT2D eigenvalue weighted by Crippen LogP contribution is -2.50. The van der Waals surface area contributed by atoms with E-state index in [0.29, 0.717) is 60.7 Å². The number of hydrogen-bond acceptors (Lipinski definition) is 10. The average Bonchev–Trinajstić information content (AvgIpc) is 3.42. The van der Waals surface area contributed by atoms with Crippen LogP contribution in [0.4, 0.5) is 42.5 Å². The number of rotatable bonds is 7. The number of ether oxygens (including phenoxy) is 2. The fraction of sp³-hybridized carbons (Fsp3) is 0.529. The Morgan fingerprint density at radius 3 is 1.77 bits per heavy atom. The summed E-state index contributed by atoms with van der Waals surface area (Å²) in [7, 11) is 0. The van der Waals surface area contributed by atoms with E-state index >= 15 is 0 Å². The van der Waals surface area contributed by atoms with Crippen LogP contribution in [-0.2, 0) is 9.47 Å². The molecule has 5 fully saturated rings. The minimum absolute atomic E-state index is 0.185. The van der Waals surface area contributed by atoms with Crippen LogP contribution in [0.5, 0.6) is 0 Å². The summed E-state index contributed by atoms with van der Waals surface area (Å²) in [6, 6.07) is 13.4. The number of aromatic nitrogens is 3. The Balaban J connectivity index is 0.985. The van der Waals surface area contributed by atoms with E-state index in [-0.39, 0.29) is 31.3 Å². The number of fused-ring (bicyclic) bond motifs is 4. The molecule has 2 aromatic carbocycles. The second kappa shape index (κ2) is 13.1. The second-order valence-electron chi connectivity index (χ2n) is 13.2. The Labute approximate surface area is 278 Å². The van der Waals surface area contributed by atoms with Gasteiger partial charge in [-0.1, -0.05) is 6.92 Å². The van der Waals surface area contributed by atoms with Gasteiger partial charge in [-0.15, -0.1) is 0 Å². The predicted octanol–water partition coefficient (Wildman–Crippen LogP) is 3.96. The summed E-state index contributed by atoms with van der Waals surface area (Å²) in [5, 5.41) is 5.79. The van der Waals surface area contributed by atoms with Crippen LogP contribution in [0.25, 0.3) is 11.4 Å². The van der Waals surface area contributed by atoms with E-state index in [0.717, 1.165) is 38.4 Å². The summed E-state index contributed by atoms with van der Waals surface area (Å²) in [6.45, 7) is 8.64. The third kappa shape index (κ3) is 6.01. The molecule has 0 aliphatic carbocycles. The number of piperazine rings is 1. The van der Waals surface area contributed by atoms with Crippen LogP contribution in [0.2, 0.25) is 0 Å². The molecule has 6 atom stereocenters. The summed E-state index contributed by atoms with van der Waals surface area (Å²) in [6.07, 6.45) is -1.40. The molecule has 48 heavy (non-hydrogen) atoms. The fourth-order valence-corrected chi connectivity index (χ4v) is 7.68. The number of carbonyl (C=O) groups excluding carboxylic acids is 1. The van der Waals surface area contributed by atoms with E-state index in [4.69, 9.17) is 24.4 Å². The number of carbonyl (C=O) groups is 1. The first-order chi connectivity index (χ1) is 23.4. The number of benzene rings is 2. The number of alkyl halides is 2. The number of morpholine rings is 2. The van der Waals surface area contributed by atoms with Gasteiger partial charge in [-0.3, -0.25) is 0 Å². The zero-order chi connectivity index (χ0) is 32.8. The van der Waals surface area contributed by atoms with Crippen molar-refractivity contribution >= 4 is 35.0 Å². The molecule has 5 saturated heterocycles. The maximum atomic E-state index is 15.0. The number of nitrogens with zero attached hydrogens (tertiary/aromatic N) is 7. The van der Waals surface area contributed by atoms with Crippen molar-refractivity contribution in [3.8, 4) is 11.4 Å². The highest BCUT2D eigenvalue weighted by molar-refractivity contribution is 6.00. The zero-order valence-corrected chi connectivity index (χ0v) is 27.0. The van der Waals surface area contributed by atoms with Crippen molar-refractivity contribution in [2.24, 2.45) is 0 Å². The largest absolute Gasteiger partial charge is 0.377 e. The highest BCUT2D eigenvalue weighted by atomic mass is 19.1. The van der Waals surface area contributed by atoms with Gasteiger partial charge in [-0.2, -0.15) is 15.0 Å². The molecule has 0 spiro atoms. The van der Waals surface area contributed by atoms with Gasteiger partial charge in [0.25, 0.3) is 0 Å². The quantitative estimate of drug-likeness (QED) is 0.386. The molecule has 254 valence electrons. The monoisotopic (exact) mass is 661 g/mol. The van der Waals surface area contributed by atoms with E-state index in [2.05, 4.69) is 27.4 Å². The Hall–Kier alpha value is -4.14. The summed E-state index contributed by atoms with van der Waals surface area (Å²) in [5.41, 5.74) is 3.13. The minimum atomic E-state index is -1.05. The van der Waals surface area contributed by atoms with Gasteiger partial charge in [-0.05, 0) is 55.1 Å². The molecule has 0 radical (unpaired) electrons. The number of halogens is 2. The number of hydrogen-bond donors (Lipinski definition) is 2.